The fourth-order valence-corrected chi connectivity index (χ4v) is 2.60. The van der Waals surface area contributed by atoms with Gasteiger partial charge in [-0.3, -0.25) is 0 Å². The third-order valence-electron chi connectivity index (χ3n) is 3.84. The number of esters is 2. The molecule has 28 heavy (non-hydrogen) atoms. The molecule has 8 heteroatoms. The number of carbonyl (C=O) groups is 2. The highest BCUT2D eigenvalue weighted by atomic mass is 16.6. The number of methoxy groups -OCH3 is 1. The monoisotopic (exact) mass is 392 g/mol. The van der Waals surface area contributed by atoms with Crippen molar-refractivity contribution >= 4 is 18.0 Å². The number of hydrogen-bond acceptors (Lipinski definition) is 8. The van der Waals surface area contributed by atoms with Crippen molar-refractivity contribution in [3.8, 4) is 0 Å². The van der Waals surface area contributed by atoms with Gasteiger partial charge in [0.05, 0.1) is 12.7 Å². The lowest BCUT2D eigenvalue weighted by atomic mass is 9.93. The van der Waals surface area contributed by atoms with Gasteiger partial charge in [0.2, 0.25) is 6.08 Å². The molecule has 8 nitrogen and oxygen atoms in total. The van der Waals surface area contributed by atoms with E-state index in [2.05, 4.69) is 4.99 Å². The molecule has 0 saturated carbocycles. The van der Waals surface area contributed by atoms with Gasteiger partial charge in [-0.25, -0.2) is 14.4 Å². The van der Waals surface area contributed by atoms with Crippen LogP contribution in [0.1, 0.15) is 45.6 Å². The zero-order valence-electron chi connectivity index (χ0n) is 16.8. The molecule has 2 atom stereocenters. The van der Waals surface area contributed by atoms with Gasteiger partial charge in [0.25, 0.3) is 5.54 Å². The Kier molecular flexibility index (Phi) is 8.99. The van der Waals surface area contributed by atoms with Crippen LogP contribution in [-0.2, 0) is 35.2 Å². The SMILES string of the molecule is COC(=O)[C@](CCCC(N)OC(C)(C)C)(N=C=O)C(=O)OCc1ccccc1. The quantitative estimate of drug-likeness (QED) is 0.213. The van der Waals surface area contributed by atoms with Crippen LogP contribution in [0.5, 0.6) is 0 Å². The molecule has 1 unspecified atom stereocenters. The second kappa shape index (κ2) is 10.7. The number of nitrogens with zero attached hydrogens (tertiary/aromatic N) is 1. The van der Waals surface area contributed by atoms with E-state index in [1.54, 1.807) is 24.3 Å². The summed E-state index contributed by atoms with van der Waals surface area (Å²) in [5.74, 6) is -1.96. The van der Waals surface area contributed by atoms with Crippen LogP contribution in [0.3, 0.4) is 0 Å². The molecule has 0 aliphatic heterocycles. The van der Waals surface area contributed by atoms with Gasteiger partial charge in [-0.05, 0) is 45.6 Å². The molecule has 1 rings (SSSR count). The number of hydrogen-bond donors (Lipinski definition) is 1. The van der Waals surface area contributed by atoms with Gasteiger partial charge in [0.1, 0.15) is 12.8 Å². The molecule has 1 aromatic rings. The van der Waals surface area contributed by atoms with Crippen LogP contribution < -0.4 is 5.73 Å². The third kappa shape index (κ3) is 7.23. The minimum Gasteiger partial charge on any atom is -0.467 e. The lowest BCUT2D eigenvalue weighted by Crippen LogP contribution is -2.47. The maximum Gasteiger partial charge on any atom is 0.347 e. The molecular formula is C20H28N2O6. The third-order valence-corrected chi connectivity index (χ3v) is 3.84. The molecule has 0 saturated heterocycles. The van der Waals surface area contributed by atoms with Crippen molar-refractivity contribution in [3.05, 3.63) is 35.9 Å². The van der Waals surface area contributed by atoms with Crippen LogP contribution in [0.2, 0.25) is 0 Å². The van der Waals surface area contributed by atoms with Crippen molar-refractivity contribution in [2.75, 3.05) is 7.11 Å². The molecule has 0 spiro atoms. The summed E-state index contributed by atoms with van der Waals surface area (Å²) in [5.41, 5.74) is 4.09. The second-order valence-corrected chi connectivity index (χ2v) is 7.28. The maximum absolute atomic E-state index is 12.7. The highest BCUT2D eigenvalue weighted by molar-refractivity contribution is 6.05. The largest absolute Gasteiger partial charge is 0.467 e. The van der Waals surface area contributed by atoms with E-state index in [0.29, 0.717) is 6.42 Å². The highest BCUT2D eigenvalue weighted by Crippen LogP contribution is 2.25. The zero-order chi connectivity index (χ0) is 21.2. The van der Waals surface area contributed by atoms with Crippen LogP contribution >= 0.6 is 0 Å². The van der Waals surface area contributed by atoms with Crippen molar-refractivity contribution < 1.29 is 28.6 Å². The molecule has 0 aliphatic carbocycles. The topological polar surface area (TPSA) is 117 Å². The Bertz CT molecular complexity index is 694. The maximum atomic E-state index is 12.7. The average molecular weight is 392 g/mol. The highest BCUT2D eigenvalue weighted by Gasteiger charge is 2.49. The number of nitrogens with two attached hydrogens (primary N) is 1. The first kappa shape index (κ1) is 23.5. The van der Waals surface area contributed by atoms with E-state index in [9.17, 15) is 14.4 Å². The summed E-state index contributed by atoms with van der Waals surface area (Å²) in [6.07, 6.45) is 1.19. The molecule has 0 bridgehead atoms. The van der Waals surface area contributed by atoms with Gasteiger partial charge in [-0.15, -0.1) is 0 Å². The van der Waals surface area contributed by atoms with Gasteiger partial charge in [0.15, 0.2) is 0 Å². The Balaban J connectivity index is 2.88. The van der Waals surface area contributed by atoms with Crippen LogP contribution in [0.25, 0.3) is 0 Å². The molecule has 0 fully saturated rings. The zero-order valence-corrected chi connectivity index (χ0v) is 16.8. The van der Waals surface area contributed by atoms with Crippen LogP contribution in [0.4, 0.5) is 0 Å². The van der Waals surface area contributed by atoms with Gasteiger partial charge in [0, 0.05) is 0 Å². The van der Waals surface area contributed by atoms with Gasteiger partial charge < -0.3 is 19.9 Å². The first-order valence-electron chi connectivity index (χ1n) is 8.96. The van der Waals surface area contributed by atoms with E-state index in [0.717, 1.165) is 12.7 Å². The summed E-state index contributed by atoms with van der Waals surface area (Å²) >= 11 is 0. The lowest BCUT2D eigenvalue weighted by Gasteiger charge is -2.26. The van der Waals surface area contributed by atoms with Crippen LogP contribution in [-0.4, -0.2) is 42.5 Å². The van der Waals surface area contributed by atoms with Gasteiger partial charge in [-0.2, -0.15) is 4.99 Å². The predicted molar refractivity (Wildman–Crippen MR) is 102 cm³/mol. The first-order valence-corrected chi connectivity index (χ1v) is 8.96. The number of aliphatic imine (C=N–C) groups is 1. The lowest BCUT2D eigenvalue weighted by molar-refractivity contribution is -0.164. The number of ether oxygens (including phenoxy) is 3. The normalized spacial score (nSPS) is 14.3. The fraction of sp³-hybridized carbons (Fsp3) is 0.550. The molecule has 1 aromatic carbocycles. The average Bonchev–Trinajstić information content (AvgIpc) is 2.64. The predicted octanol–water partition coefficient (Wildman–Crippen LogP) is 2.25. The molecule has 0 radical (unpaired) electrons. The van der Waals surface area contributed by atoms with E-state index >= 15 is 0 Å². The van der Waals surface area contributed by atoms with Crippen molar-refractivity contribution in [2.45, 2.75) is 64.0 Å². The summed E-state index contributed by atoms with van der Waals surface area (Å²) in [5, 5.41) is 0. The standard InChI is InChI=1S/C20H28N2O6/c1-19(2,3)28-16(21)11-8-12-20(22-14-23,17(24)26-4)18(25)27-13-15-9-6-5-7-10-15/h5-7,9-10,16H,8,11-13,21H2,1-4H3/t16?,20-/m0/s1. The summed E-state index contributed by atoms with van der Waals surface area (Å²) < 4.78 is 15.5. The minimum atomic E-state index is -2.12. The minimum absolute atomic E-state index is 0.0700. The first-order chi connectivity index (χ1) is 13.1. The van der Waals surface area contributed by atoms with E-state index in [1.165, 1.54) is 6.08 Å². The van der Waals surface area contributed by atoms with Crippen molar-refractivity contribution in [1.82, 2.24) is 0 Å². The van der Waals surface area contributed by atoms with E-state index in [-0.39, 0.29) is 19.4 Å². The Morgan fingerprint density at radius 3 is 2.36 bits per heavy atom. The van der Waals surface area contributed by atoms with Gasteiger partial charge >= 0.3 is 11.9 Å². The summed E-state index contributed by atoms with van der Waals surface area (Å²) in [6, 6.07) is 8.93. The summed E-state index contributed by atoms with van der Waals surface area (Å²) in [6.45, 7) is 5.52. The van der Waals surface area contributed by atoms with Crippen molar-refractivity contribution in [2.24, 2.45) is 10.7 Å². The van der Waals surface area contributed by atoms with Crippen molar-refractivity contribution in [1.29, 1.82) is 0 Å². The molecule has 0 amide bonds. The molecule has 2 N–H and O–H groups in total. The molecular weight excluding hydrogens is 364 g/mol. The van der Waals surface area contributed by atoms with E-state index in [1.807, 2.05) is 26.8 Å². The fourth-order valence-electron chi connectivity index (χ4n) is 2.60. The van der Waals surface area contributed by atoms with Crippen LogP contribution in [0, 0.1) is 0 Å². The number of carbonyl (C=O) groups excluding carboxylic acids is 3. The van der Waals surface area contributed by atoms with Crippen LogP contribution in [0.15, 0.2) is 35.3 Å². The Labute approximate surface area is 165 Å². The Morgan fingerprint density at radius 1 is 1.18 bits per heavy atom. The smallest absolute Gasteiger partial charge is 0.347 e. The number of rotatable bonds is 10. The van der Waals surface area contributed by atoms with E-state index < -0.39 is 29.3 Å². The molecule has 0 heterocycles. The Morgan fingerprint density at radius 2 is 1.82 bits per heavy atom. The number of benzene rings is 1. The molecule has 0 aromatic heterocycles. The summed E-state index contributed by atoms with van der Waals surface area (Å²) in [4.78, 5) is 39.4. The van der Waals surface area contributed by atoms with Crippen molar-refractivity contribution in [3.63, 3.8) is 0 Å². The van der Waals surface area contributed by atoms with Gasteiger partial charge in [-0.1, -0.05) is 30.3 Å². The van der Waals surface area contributed by atoms with E-state index in [4.69, 9.17) is 19.9 Å². The molecule has 0 aliphatic rings. The molecule has 154 valence electrons. The second-order valence-electron chi connectivity index (χ2n) is 7.28. The summed E-state index contributed by atoms with van der Waals surface area (Å²) in [7, 11) is 1.11. The Hall–Kier alpha value is -2.54. The number of isocyanates is 1.